The molecule has 0 nitrogen and oxygen atoms in total. The van der Waals surface area contributed by atoms with Gasteiger partial charge in [0.2, 0.25) is 0 Å². The fraction of sp³-hybridized carbons (Fsp3) is 0.900. The van der Waals surface area contributed by atoms with Crippen molar-refractivity contribution >= 4 is 25.4 Å². The maximum absolute atomic E-state index is 6.11. The summed E-state index contributed by atoms with van der Waals surface area (Å²) in [7, 11) is 6.11. The molecule has 0 N–H and O–H groups in total. The molecule has 2 heteroatoms. The standard InChI is InChI=1S/C10H17BS/c1-3-8-6-10(2,11)5-4-9(8)7-12/h7-9H,3-6H2,1-2H3. The molecule has 0 aliphatic heterocycles. The molecule has 0 heterocycles. The van der Waals surface area contributed by atoms with Gasteiger partial charge in [0, 0.05) is 0 Å². The average Bonchev–Trinajstić information content (AvgIpc) is 2.03. The Bertz CT molecular complexity index is 165. The summed E-state index contributed by atoms with van der Waals surface area (Å²) in [5.74, 6) is 1.37. The summed E-state index contributed by atoms with van der Waals surface area (Å²) in [6.07, 6.45) is 4.67. The van der Waals surface area contributed by atoms with E-state index in [4.69, 9.17) is 20.1 Å². The van der Waals surface area contributed by atoms with Gasteiger partial charge in [-0.1, -0.05) is 50.6 Å². The van der Waals surface area contributed by atoms with E-state index in [9.17, 15) is 0 Å². The van der Waals surface area contributed by atoms with Crippen LogP contribution in [0, 0.1) is 11.8 Å². The average molecular weight is 180 g/mol. The Morgan fingerprint density at radius 3 is 2.83 bits per heavy atom. The summed E-state index contributed by atoms with van der Waals surface area (Å²) in [5, 5.41) is 2.01. The molecule has 0 aromatic carbocycles. The van der Waals surface area contributed by atoms with Crippen LogP contribution in [0.1, 0.15) is 39.5 Å². The molecule has 1 fully saturated rings. The topological polar surface area (TPSA) is 0 Å². The van der Waals surface area contributed by atoms with Crippen molar-refractivity contribution < 1.29 is 0 Å². The first-order chi connectivity index (χ1) is 5.59. The quantitative estimate of drug-likeness (QED) is 0.464. The number of hydrogen-bond acceptors (Lipinski definition) is 1. The van der Waals surface area contributed by atoms with Crippen molar-refractivity contribution in [3.63, 3.8) is 0 Å². The van der Waals surface area contributed by atoms with E-state index in [1.54, 1.807) is 0 Å². The van der Waals surface area contributed by atoms with Gasteiger partial charge >= 0.3 is 0 Å². The van der Waals surface area contributed by atoms with E-state index >= 15 is 0 Å². The van der Waals surface area contributed by atoms with E-state index in [1.807, 2.05) is 5.37 Å². The molecule has 0 amide bonds. The van der Waals surface area contributed by atoms with Crippen molar-refractivity contribution in [2.45, 2.75) is 44.8 Å². The van der Waals surface area contributed by atoms with Gasteiger partial charge in [-0.25, -0.2) is 0 Å². The van der Waals surface area contributed by atoms with Crippen molar-refractivity contribution in [2.24, 2.45) is 11.8 Å². The van der Waals surface area contributed by atoms with Gasteiger partial charge in [-0.3, -0.25) is 0 Å². The third-order valence-corrected chi connectivity index (χ3v) is 3.43. The first-order valence-electron chi connectivity index (χ1n) is 4.83. The number of hydrogen-bond donors (Lipinski definition) is 0. The smallest absolute Gasteiger partial charge is 0.0742 e. The Labute approximate surface area is 82.5 Å². The van der Waals surface area contributed by atoms with Crippen LogP contribution in [0.25, 0.3) is 0 Å². The van der Waals surface area contributed by atoms with Gasteiger partial charge in [0.15, 0.2) is 0 Å². The molecule has 0 aromatic rings. The lowest BCUT2D eigenvalue weighted by Gasteiger charge is -2.39. The zero-order valence-corrected chi connectivity index (χ0v) is 8.86. The summed E-state index contributed by atoms with van der Waals surface area (Å²) >= 11 is 5.02. The first kappa shape index (κ1) is 10.2. The van der Waals surface area contributed by atoms with Gasteiger partial charge in [0.05, 0.1) is 7.85 Å². The van der Waals surface area contributed by atoms with Crippen LogP contribution in [0.3, 0.4) is 0 Å². The molecular weight excluding hydrogens is 163 g/mol. The molecule has 1 saturated carbocycles. The highest BCUT2D eigenvalue weighted by Gasteiger charge is 2.31. The van der Waals surface area contributed by atoms with Gasteiger partial charge in [0.1, 0.15) is 0 Å². The van der Waals surface area contributed by atoms with Crippen molar-refractivity contribution in [3.8, 4) is 0 Å². The van der Waals surface area contributed by atoms with Crippen LogP contribution in [0.15, 0.2) is 0 Å². The molecule has 0 bridgehead atoms. The van der Waals surface area contributed by atoms with Crippen LogP contribution < -0.4 is 0 Å². The maximum Gasteiger partial charge on any atom is 0.0742 e. The second kappa shape index (κ2) is 3.91. The number of rotatable bonds is 2. The maximum atomic E-state index is 6.11. The molecule has 66 valence electrons. The largest absolute Gasteiger partial charge is 0.0932 e. The van der Waals surface area contributed by atoms with Gasteiger partial charge < -0.3 is 0 Å². The second-order valence-electron chi connectivity index (χ2n) is 4.37. The van der Waals surface area contributed by atoms with Crippen LogP contribution in [-0.4, -0.2) is 13.2 Å². The molecule has 1 aliphatic rings. The van der Waals surface area contributed by atoms with Crippen LogP contribution in [0.4, 0.5) is 0 Å². The lowest BCUT2D eigenvalue weighted by molar-refractivity contribution is 0.249. The summed E-state index contributed by atoms with van der Waals surface area (Å²) in [4.78, 5) is 0. The van der Waals surface area contributed by atoms with Crippen LogP contribution >= 0.6 is 12.2 Å². The van der Waals surface area contributed by atoms with Crippen molar-refractivity contribution in [2.75, 3.05) is 0 Å². The molecule has 1 aliphatic carbocycles. The zero-order valence-electron chi connectivity index (χ0n) is 8.05. The van der Waals surface area contributed by atoms with Crippen molar-refractivity contribution in [3.05, 3.63) is 0 Å². The van der Waals surface area contributed by atoms with Crippen molar-refractivity contribution in [1.82, 2.24) is 0 Å². The summed E-state index contributed by atoms with van der Waals surface area (Å²) in [6.45, 7) is 4.40. The Hall–Kier alpha value is 0.155. The van der Waals surface area contributed by atoms with Gasteiger partial charge in [-0.15, -0.1) is 0 Å². The van der Waals surface area contributed by atoms with Crippen LogP contribution in [0.5, 0.6) is 0 Å². The molecule has 0 saturated heterocycles. The summed E-state index contributed by atoms with van der Waals surface area (Å²) in [6, 6.07) is 0. The van der Waals surface area contributed by atoms with E-state index in [2.05, 4.69) is 13.8 Å². The van der Waals surface area contributed by atoms with Crippen LogP contribution in [-0.2, 0) is 0 Å². The minimum Gasteiger partial charge on any atom is -0.0932 e. The zero-order chi connectivity index (χ0) is 9.19. The van der Waals surface area contributed by atoms with Gasteiger partial charge in [0.25, 0.3) is 0 Å². The Morgan fingerprint density at radius 2 is 2.33 bits per heavy atom. The Balaban J connectivity index is 2.59. The predicted octanol–water partition coefficient (Wildman–Crippen LogP) is 3.16. The van der Waals surface area contributed by atoms with E-state index < -0.39 is 0 Å². The Kier molecular flexibility index (Phi) is 3.33. The molecule has 3 atom stereocenters. The third-order valence-electron chi connectivity index (χ3n) is 3.08. The van der Waals surface area contributed by atoms with E-state index in [1.165, 1.54) is 12.8 Å². The lowest BCUT2D eigenvalue weighted by atomic mass is 9.56. The van der Waals surface area contributed by atoms with Crippen molar-refractivity contribution in [1.29, 1.82) is 0 Å². The predicted molar refractivity (Wildman–Crippen MR) is 58.9 cm³/mol. The third kappa shape index (κ3) is 2.32. The van der Waals surface area contributed by atoms with E-state index in [0.717, 1.165) is 18.8 Å². The van der Waals surface area contributed by atoms with Gasteiger partial charge in [-0.05, 0) is 23.6 Å². The lowest BCUT2D eigenvalue weighted by Crippen LogP contribution is -2.28. The minimum absolute atomic E-state index is 0.0650. The normalized spacial score (nSPS) is 42.5. The number of thiocarbonyl (C=S) groups is 1. The minimum atomic E-state index is 0.0650. The van der Waals surface area contributed by atoms with Crippen LogP contribution in [0.2, 0.25) is 5.31 Å². The molecule has 0 spiro atoms. The summed E-state index contributed by atoms with van der Waals surface area (Å²) < 4.78 is 0. The van der Waals surface area contributed by atoms with Gasteiger partial charge in [-0.2, -0.15) is 0 Å². The highest BCUT2D eigenvalue weighted by molar-refractivity contribution is 7.79. The van der Waals surface area contributed by atoms with E-state index in [0.29, 0.717) is 5.92 Å². The fourth-order valence-electron chi connectivity index (χ4n) is 2.21. The Morgan fingerprint density at radius 1 is 1.67 bits per heavy atom. The second-order valence-corrected chi connectivity index (χ2v) is 4.64. The summed E-state index contributed by atoms with van der Waals surface area (Å²) in [5.41, 5.74) is 0. The monoisotopic (exact) mass is 180 g/mol. The highest BCUT2D eigenvalue weighted by atomic mass is 32.1. The molecule has 2 radical (unpaired) electrons. The molecule has 12 heavy (non-hydrogen) atoms. The SMILES string of the molecule is [B]C1(C)CCC(C=S)C(CC)C1. The molecular formula is C10H17BS. The molecule has 0 aromatic heterocycles. The first-order valence-corrected chi connectivity index (χ1v) is 5.30. The van der Waals surface area contributed by atoms with E-state index in [-0.39, 0.29) is 5.31 Å². The molecule has 1 rings (SSSR count). The molecule has 3 unspecified atom stereocenters. The fourth-order valence-corrected chi connectivity index (χ4v) is 2.57. The highest BCUT2D eigenvalue weighted by Crippen LogP contribution is 2.45.